The maximum absolute atomic E-state index is 13.3. The molecule has 226 valence electrons. The standard InChI is InChI=1S/C35H41N3O4S/c1-34(2,3)42-32(39)31(37-22-13-14-25-41-33(40)38-24-23-36-27-38)21-26-43-35(28-15-7-4-8-16-28,29-17-9-5-10-18-29)30-19-11-6-12-20-30/h4-12,15-20,23-24,27,31,37H,13-14,21-22,25-26H2,1-3H3. The fraction of sp³-hybridized carbons (Fsp3) is 0.343. The van der Waals surface area contributed by atoms with Crippen LogP contribution in [0.15, 0.2) is 110 Å². The topological polar surface area (TPSA) is 82.5 Å². The number of nitrogens with zero attached hydrogens (tertiary/aromatic N) is 2. The van der Waals surface area contributed by atoms with Crippen molar-refractivity contribution in [3.8, 4) is 0 Å². The van der Waals surface area contributed by atoms with Gasteiger partial charge in [0.05, 0.1) is 11.4 Å². The molecule has 1 heterocycles. The molecule has 3 aromatic carbocycles. The highest BCUT2D eigenvalue weighted by molar-refractivity contribution is 8.00. The van der Waals surface area contributed by atoms with Crippen molar-refractivity contribution in [2.75, 3.05) is 18.9 Å². The normalized spacial score (nSPS) is 12.4. The van der Waals surface area contributed by atoms with Gasteiger partial charge in [-0.2, -0.15) is 0 Å². The molecular weight excluding hydrogens is 558 g/mol. The van der Waals surface area contributed by atoms with Crippen LogP contribution in [0.4, 0.5) is 4.79 Å². The Hall–Kier alpha value is -3.88. The molecule has 0 fully saturated rings. The average Bonchev–Trinajstić information content (AvgIpc) is 3.56. The summed E-state index contributed by atoms with van der Waals surface area (Å²) in [5.41, 5.74) is 2.96. The number of carbonyl (C=O) groups is 2. The lowest BCUT2D eigenvalue weighted by molar-refractivity contribution is -0.157. The third-order valence-corrected chi connectivity index (χ3v) is 8.44. The van der Waals surface area contributed by atoms with Gasteiger partial charge < -0.3 is 14.8 Å². The van der Waals surface area contributed by atoms with Crippen LogP contribution in [0, 0.1) is 0 Å². The maximum Gasteiger partial charge on any atom is 0.419 e. The number of thioether (sulfide) groups is 1. The van der Waals surface area contributed by atoms with Crippen LogP contribution in [-0.4, -0.2) is 52.2 Å². The molecule has 0 aliphatic heterocycles. The number of benzene rings is 3. The van der Waals surface area contributed by atoms with Gasteiger partial charge in [0.25, 0.3) is 0 Å². The van der Waals surface area contributed by atoms with E-state index in [9.17, 15) is 9.59 Å². The minimum atomic E-state index is -0.590. The smallest absolute Gasteiger partial charge is 0.419 e. The molecule has 8 heteroatoms. The van der Waals surface area contributed by atoms with Crippen LogP contribution >= 0.6 is 11.8 Å². The predicted molar refractivity (Wildman–Crippen MR) is 172 cm³/mol. The van der Waals surface area contributed by atoms with Crippen LogP contribution in [0.2, 0.25) is 0 Å². The van der Waals surface area contributed by atoms with Gasteiger partial charge in [-0.1, -0.05) is 91.0 Å². The SMILES string of the molecule is CC(C)(C)OC(=O)C(CCSC(c1ccccc1)(c1ccccc1)c1ccccc1)NCCCCOC(=O)n1ccnc1. The largest absolute Gasteiger partial charge is 0.459 e. The van der Waals surface area contributed by atoms with Crippen LogP contribution in [0.25, 0.3) is 0 Å². The van der Waals surface area contributed by atoms with Gasteiger partial charge in [-0.3, -0.25) is 4.79 Å². The summed E-state index contributed by atoms with van der Waals surface area (Å²) in [6.45, 7) is 6.54. The Bertz CT molecular complexity index is 1290. The number of imidazole rings is 1. The van der Waals surface area contributed by atoms with Gasteiger partial charge in [0.15, 0.2) is 0 Å². The minimum absolute atomic E-state index is 0.260. The van der Waals surface area contributed by atoms with Crippen molar-refractivity contribution in [2.45, 2.75) is 56.4 Å². The number of unbranched alkanes of at least 4 members (excludes halogenated alkanes) is 1. The quantitative estimate of drug-likeness (QED) is 0.0944. The Labute approximate surface area is 259 Å². The summed E-state index contributed by atoms with van der Waals surface area (Å²) in [6.07, 6.45) is 6.04. The molecule has 0 aliphatic carbocycles. The zero-order chi connectivity index (χ0) is 30.5. The lowest BCUT2D eigenvalue weighted by atomic mass is 9.84. The van der Waals surface area contributed by atoms with E-state index in [0.29, 0.717) is 31.7 Å². The van der Waals surface area contributed by atoms with Gasteiger partial charge in [-0.05, 0) is 69.0 Å². The second-order valence-corrected chi connectivity index (χ2v) is 12.6. The second-order valence-electron chi connectivity index (χ2n) is 11.2. The number of esters is 1. The Morgan fingerprint density at radius 3 is 1.91 bits per heavy atom. The zero-order valence-electron chi connectivity index (χ0n) is 25.1. The number of aromatic nitrogens is 2. The highest BCUT2D eigenvalue weighted by Gasteiger charge is 2.37. The Morgan fingerprint density at radius 1 is 0.860 bits per heavy atom. The first-order valence-electron chi connectivity index (χ1n) is 14.7. The average molecular weight is 600 g/mol. The van der Waals surface area contributed by atoms with Crippen LogP contribution in [0.3, 0.4) is 0 Å². The Kier molecular flexibility index (Phi) is 11.6. The molecule has 0 bridgehead atoms. The molecule has 0 saturated heterocycles. The fourth-order valence-electron chi connectivity index (χ4n) is 4.88. The molecule has 0 spiro atoms. The molecule has 1 atom stereocenters. The molecule has 4 rings (SSSR count). The number of rotatable bonds is 14. The van der Waals surface area contributed by atoms with Crippen molar-refractivity contribution in [2.24, 2.45) is 0 Å². The number of ether oxygens (including phenoxy) is 2. The predicted octanol–water partition coefficient (Wildman–Crippen LogP) is 7.06. The molecule has 1 unspecified atom stereocenters. The van der Waals surface area contributed by atoms with Crippen molar-refractivity contribution in [3.05, 3.63) is 126 Å². The molecule has 7 nitrogen and oxygen atoms in total. The Morgan fingerprint density at radius 2 is 1.42 bits per heavy atom. The highest BCUT2D eigenvalue weighted by Crippen LogP contribution is 2.48. The zero-order valence-corrected chi connectivity index (χ0v) is 26.0. The third-order valence-electron chi connectivity index (χ3n) is 6.86. The summed E-state index contributed by atoms with van der Waals surface area (Å²) in [7, 11) is 0. The van der Waals surface area contributed by atoms with E-state index < -0.39 is 22.5 Å². The van der Waals surface area contributed by atoms with Gasteiger partial charge in [0.1, 0.15) is 18.0 Å². The van der Waals surface area contributed by atoms with Crippen LogP contribution in [0.5, 0.6) is 0 Å². The van der Waals surface area contributed by atoms with Crippen molar-refractivity contribution < 1.29 is 19.1 Å². The Balaban J connectivity index is 1.46. The van der Waals surface area contributed by atoms with E-state index in [2.05, 4.69) is 83.1 Å². The van der Waals surface area contributed by atoms with E-state index in [0.717, 1.165) is 6.42 Å². The number of nitrogens with one attached hydrogen (secondary N) is 1. The van der Waals surface area contributed by atoms with Crippen molar-refractivity contribution in [1.82, 2.24) is 14.9 Å². The molecule has 1 N–H and O–H groups in total. The number of hydrogen-bond acceptors (Lipinski definition) is 7. The van der Waals surface area contributed by atoms with E-state index in [-0.39, 0.29) is 5.97 Å². The van der Waals surface area contributed by atoms with E-state index in [1.807, 2.05) is 50.7 Å². The van der Waals surface area contributed by atoms with E-state index >= 15 is 0 Å². The van der Waals surface area contributed by atoms with Crippen molar-refractivity contribution >= 4 is 23.8 Å². The van der Waals surface area contributed by atoms with E-state index in [1.165, 1.54) is 33.8 Å². The van der Waals surface area contributed by atoms with Crippen molar-refractivity contribution in [3.63, 3.8) is 0 Å². The molecule has 0 radical (unpaired) electrons. The molecule has 1 aromatic heterocycles. The minimum Gasteiger partial charge on any atom is -0.459 e. The fourth-order valence-corrected chi connectivity index (χ4v) is 6.45. The summed E-state index contributed by atoms with van der Waals surface area (Å²) >= 11 is 1.83. The van der Waals surface area contributed by atoms with Crippen LogP contribution in [0.1, 0.15) is 56.7 Å². The maximum atomic E-state index is 13.3. The van der Waals surface area contributed by atoms with Crippen molar-refractivity contribution in [1.29, 1.82) is 0 Å². The number of hydrogen-bond donors (Lipinski definition) is 1. The molecule has 0 amide bonds. The first kappa shape index (κ1) is 32.0. The third kappa shape index (κ3) is 9.05. The van der Waals surface area contributed by atoms with Gasteiger partial charge >= 0.3 is 12.1 Å². The lowest BCUT2D eigenvalue weighted by Gasteiger charge is -2.36. The summed E-state index contributed by atoms with van der Waals surface area (Å²) in [5.74, 6) is 0.447. The summed E-state index contributed by atoms with van der Waals surface area (Å²) < 4.78 is 11.9. The molecular formula is C35H41N3O4S. The second kappa shape index (κ2) is 15.5. The van der Waals surface area contributed by atoms with Gasteiger partial charge in [-0.25, -0.2) is 14.3 Å². The van der Waals surface area contributed by atoms with Gasteiger partial charge in [0.2, 0.25) is 0 Å². The highest BCUT2D eigenvalue weighted by atomic mass is 32.2. The van der Waals surface area contributed by atoms with E-state index in [4.69, 9.17) is 9.47 Å². The van der Waals surface area contributed by atoms with E-state index in [1.54, 1.807) is 6.20 Å². The molecule has 0 aliphatic rings. The summed E-state index contributed by atoms with van der Waals surface area (Å²) in [4.78, 5) is 29.1. The van der Waals surface area contributed by atoms with Gasteiger partial charge in [0, 0.05) is 12.4 Å². The number of carbonyl (C=O) groups excluding carboxylic acids is 2. The summed E-state index contributed by atoms with van der Waals surface area (Å²) in [5, 5.41) is 3.42. The van der Waals surface area contributed by atoms with Crippen LogP contribution < -0.4 is 5.32 Å². The van der Waals surface area contributed by atoms with Gasteiger partial charge in [-0.15, -0.1) is 11.8 Å². The lowest BCUT2D eigenvalue weighted by Crippen LogP contribution is -2.42. The molecule has 43 heavy (non-hydrogen) atoms. The first-order valence-corrected chi connectivity index (χ1v) is 15.7. The monoisotopic (exact) mass is 599 g/mol. The molecule has 4 aromatic rings. The first-order chi connectivity index (χ1) is 20.8. The molecule has 0 saturated carbocycles. The summed E-state index contributed by atoms with van der Waals surface area (Å²) in [6, 6.07) is 31.2. The van der Waals surface area contributed by atoms with Crippen LogP contribution in [-0.2, 0) is 19.0 Å².